The van der Waals surface area contributed by atoms with Gasteiger partial charge in [-0.15, -0.1) is 23.7 Å². The molecule has 0 saturated heterocycles. The highest BCUT2D eigenvalue weighted by atomic mass is 35.5. The molecule has 4 N–H and O–H groups in total. The molecule has 160 valence electrons. The summed E-state index contributed by atoms with van der Waals surface area (Å²) in [5.74, 6) is 0.0664. The average Bonchev–Trinajstić information content (AvgIpc) is 3.09. The van der Waals surface area contributed by atoms with Crippen LogP contribution >= 0.6 is 35.5 Å². The van der Waals surface area contributed by atoms with Gasteiger partial charge in [-0.2, -0.15) is 0 Å². The third-order valence-corrected chi connectivity index (χ3v) is 6.48. The highest BCUT2D eigenvalue weighted by Crippen LogP contribution is 2.31. The third kappa shape index (κ3) is 6.43. The number of benzene rings is 2. The van der Waals surface area contributed by atoms with Crippen molar-refractivity contribution in [3.05, 3.63) is 48.0 Å². The molecule has 0 aliphatic heterocycles. The SMILES string of the molecule is Cc1ccc(NC(=O)CSc2nc3ccc(NC(=O)[C@H](N)C(C)C)cc3s2)cc1.Cl. The zero-order valence-corrected chi connectivity index (χ0v) is 19.4. The second kappa shape index (κ2) is 10.8. The number of nitrogens with two attached hydrogens (primary N) is 1. The number of hydrogen-bond acceptors (Lipinski definition) is 6. The van der Waals surface area contributed by atoms with E-state index >= 15 is 0 Å². The molecule has 0 spiro atoms. The van der Waals surface area contributed by atoms with Gasteiger partial charge < -0.3 is 16.4 Å². The maximum atomic E-state index is 12.2. The first kappa shape index (κ1) is 24.1. The summed E-state index contributed by atoms with van der Waals surface area (Å²) in [6, 6.07) is 12.7. The Kier molecular flexibility index (Phi) is 8.66. The molecular weight excluding hydrogens is 440 g/mol. The van der Waals surface area contributed by atoms with Crippen LogP contribution < -0.4 is 16.4 Å². The number of hydrogen-bond donors (Lipinski definition) is 3. The van der Waals surface area contributed by atoms with Crippen LogP contribution in [-0.4, -0.2) is 28.6 Å². The molecule has 0 aliphatic rings. The van der Waals surface area contributed by atoms with Crippen molar-refractivity contribution in [2.45, 2.75) is 31.2 Å². The Morgan fingerprint density at radius 3 is 2.43 bits per heavy atom. The van der Waals surface area contributed by atoms with E-state index in [1.54, 1.807) is 0 Å². The lowest BCUT2D eigenvalue weighted by atomic mass is 10.1. The highest BCUT2D eigenvalue weighted by Gasteiger charge is 2.17. The standard InChI is InChI=1S/C21H24N4O2S2.ClH/c1-12(2)19(22)20(27)24-15-8-9-16-17(10-15)29-21(25-16)28-11-18(26)23-14-6-4-13(3)5-7-14;/h4-10,12,19H,11,22H2,1-3H3,(H,23,26)(H,24,27);1H/t19-;/m1./s1. The van der Waals surface area contributed by atoms with Crippen LogP contribution in [0.15, 0.2) is 46.8 Å². The van der Waals surface area contributed by atoms with E-state index in [0.29, 0.717) is 5.69 Å². The maximum absolute atomic E-state index is 12.2. The van der Waals surface area contributed by atoms with Crippen LogP contribution in [0.1, 0.15) is 19.4 Å². The first-order valence-electron chi connectivity index (χ1n) is 9.28. The molecule has 0 fully saturated rings. The second-order valence-electron chi connectivity index (χ2n) is 7.12. The molecule has 1 aromatic heterocycles. The van der Waals surface area contributed by atoms with Crippen LogP contribution in [0, 0.1) is 12.8 Å². The minimum atomic E-state index is -0.551. The molecular formula is C21H25ClN4O2S2. The first-order chi connectivity index (χ1) is 13.8. The normalized spacial score (nSPS) is 11.8. The zero-order chi connectivity index (χ0) is 21.0. The number of anilines is 2. The zero-order valence-electron chi connectivity index (χ0n) is 17.0. The Labute approximate surface area is 190 Å². The number of amides is 2. The van der Waals surface area contributed by atoms with Crippen molar-refractivity contribution in [3.8, 4) is 0 Å². The van der Waals surface area contributed by atoms with Crippen molar-refractivity contribution in [3.63, 3.8) is 0 Å². The highest BCUT2D eigenvalue weighted by molar-refractivity contribution is 8.01. The van der Waals surface area contributed by atoms with E-state index in [1.165, 1.54) is 23.1 Å². The lowest BCUT2D eigenvalue weighted by Gasteiger charge is -2.15. The molecule has 2 amide bonds. The molecule has 0 saturated carbocycles. The lowest BCUT2D eigenvalue weighted by molar-refractivity contribution is -0.118. The number of carbonyl (C=O) groups excluding carboxylic acids is 2. The van der Waals surface area contributed by atoms with Gasteiger partial charge in [-0.1, -0.05) is 43.3 Å². The van der Waals surface area contributed by atoms with E-state index in [2.05, 4.69) is 15.6 Å². The molecule has 1 atom stereocenters. The Balaban J connectivity index is 0.00000320. The number of aromatic nitrogens is 1. The number of aryl methyl sites for hydroxylation is 1. The molecule has 0 unspecified atom stereocenters. The van der Waals surface area contributed by atoms with E-state index < -0.39 is 6.04 Å². The van der Waals surface area contributed by atoms with E-state index in [4.69, 9.17) is 5.73 Å². The Morgan fingerprint density at radius 1 is 1.10 bits per heavy atom. The van der Waals surface area contributed by atoms with Crippen LogP contribution in [0.5, 0.6) is 0 Å². The van der Waals surface area contributed by atoms with Crippen LogP contribution in [0.4, 0.5) is 11.4 Å². The topological polar surface area (TPSA) is 97.1 Å². The van der Waals surface area contributed by atoms with Crippen LogP contribution in [0.25, 0.3) is 10.2 Å². The molecule has 2 aromatic carbocycles. The fraction of sp³-hybridized carbons (Fsp3) is 0.286. The van der Waals surface area contributed by atoms with Gasteiger partial charge in [0, 0.05) is 11.4 Å². The average molecular weight is 465 g/mol. The summed E-state index contributed by atoms with van der Waals surface area (Å²) in [7, 11) is 0. The predicted octanol–water partition coefficient (Wildman–Crippen LogP) is 4.68. The fourth-order valence-electron chi connectivity index (χ4n) is 2.53. The third-order valence-electron chi connectivity index (χ3n) is 4.32. The van der Waals surface area contributed by atoms with Crippen molar-refractivity contribution in [1.29, 1.82) is 0 Å². The Hall–Kier alpha value is -2.13. The summed E-state index contributed by atoms with van der Waals surface area (Å²) in [4.78, 5) is 28.9. The van der Waals surface area contributed by atoms with Gasteiger partial charge in [0.15, 0.2) is 4.34 Å². The molecule has 3 rings (SSSR count). The van der Waals surface area contributed by atoms with Crippen LogP contribution in [0.3, 0.4) is 0 Å². The number of fused-ring (bicyclic) bond motifs is 1. The van der Waals surface area contributed by atoms with Crippen molar-refractivity contribution < 1.29 is 9.59 Å². The molecule has 0 aliphatic carbocycles. The molecule has 0 bridgehead atoms. The van der Waals surface area contributed by atoms with Crippen LogP contribution in [0.2, 0.25) is 0 Å². The Morgan fingerprint density at radius 2 is 1.77 bits per heavy atom. The fourth-order valence-corrected chi connectivity index (χ4v) is 4.44. The number of nitrogens with one attached hydrogen (secondary N) is 2. The second-order valence-corrected chi connectivity index (χ2v) is 9.38. The van der Waals surface area contributed by atoms with Gasteiger partial charge in [-0.05, 0) is 43.2 Å². The van der Waals surface area contributed by atoms with Gasteiger partial charge in [0.25, 0.3) is 0 Å². The number of nitrogens with zero attached hydrogens (tertiary/aromatic N) is 1. The minimum absolute atomic E-state index is 0. The van der Waals surface area contributed by atoms with Gasteiger partial charge >= 0.3 is 0 Å². The van der Waals surface area contributed by atoms with E-state index in [9.17, 15) is 9.59 Å². The summed E-state index contributed by atoms with van der Waals surface area (Å²) < 4.78 is 1.75. The molecule has 6 nitrogen and oxygen atoms in total. The van der Waals surface area contributed by atoms with E-state index in [-0.39, 0.29) is 35.9 Å². The summed E-state index contributed by atoms with van der Waals surface area (Å²) in [5, 5.41) is 5.73. The summed E-state index contributed by atoms with van der Waals surface area (Å²) >= 11 is 2.89. The first-order valence-corrected chi connectivity index (χ1v) is 11.1. The number of halogens is 1. The molecule has 9 heteroatoms. The summed E-state index contributed by atoms with van der Waals surface area (Å²) in [6.45, 7) is 5.83. The molecule has 3 aromatic rings. The van der Waals surface area contributed by atoms with Crippen LogP contribution in [-0.2, 0) is 9.59 Å². The van der Waals surface area contributed by atoms with Gasteiger partial charge in [0.1, 0.15) is 0 Å². The number of thioether (sulfide) groups is 1. The smallest absolute Gasteiger partial charge is 0.241 e. The van der Waals surface area contributed by atoms with Crippen molar-refractivity contribution in [2.75, 3.05) is 16.4 Å². The van der Waals surface area contributed by atoms with Gasteiger partial charge in [0.2, 0.25) is 11.8 Å². The summed E-state index contributed by atoms with van der Waals surface area (Å²) in [6.07, 6.45) is 0. The van der Waals surface area contributed by atoms with E-state index in [0.717, 1.165) is 25.8 Å². The van der Waals surface area contributed by atoms with Gasteiger partial charge in [0.05, 0.1) is 22.0 Å². The molecule has 0 radical (unpaired) electrons. The van der Waals surface area contributed by atoms with Crippen molar-refractivity contribution in [1.82, 2.24) is 4.98 Å². The quantitative estimate of drug-likeness (QED) is 0.441. The number of carbonyl (C=O) groups is 2. The monoisotopic (exact) mass is 464 g/mol. The number of rotatable bonds is 7. The summed E-state index contributed by atoms with van der Waals surface area (Å²) in [5.41, 5.74) is 9.35. The van der Waals surface area contributed by atoms with Gasteiger partial charge in [-0.3, -0.25) is 9.59 Å². The van der Waals surface area contributed by atoms with E-state index in [1.807, 2.05) is 63.2 Å². The van der Waals surface area contributed by atoms with Crippen molar-refractivity contribution >= 4 is 68.9 Å². The van der Waals surface area contributed by atoms with Crippen molar-refractivity contribution in [2.24, 2.45) is 11.7 Å². The maximum Gasteiger partial charge on any atom is 0.241 e. The minimum Gasteiger partial charge on any atom is -0.325 e. The number of thiazole rings is 1. The predicted molar refractivity (Wildman–Crippen MR) is 129 cm³/mol. The Bertz CT molecular complexity index is 1020. The lowest BCUT2D eigenvalue weighted by Crippen LogP contribution is -2.39. The van der Waals surface area contributed by atoms with Gasteiger partial charge in [-0.25, -0.2) is 4.98 Å². The molecule has 30 heavy (non-hydrogen) atoms. The molecule has 1 heterocycles. The largest absolute Gasteiger partial charge is 0.325 e.